The molecule has 0 spiro atoms. The molecule has 0 aliphatic heterocycles. The molecule has 2 N–H and O–H groups in total. The Bertz CT molecular complexity index is 313. The SMILES string of the molecule is C/C(C=NC1CCC(C(=O)C(C)C)CC1)=N/N. The summed E-state index contributed by atoms with van der Waals surface area (Å²) in [6.07, 6.45) is 5.67. The maximum atomic E-state index is 11.8. The van der Waals surface area contributed by atoms with Crippen LogP contribution in [0.5, 0.6) is 0 Å². The van der Waals surface area contributed by atoms with E-state index in [-0.39, 0.29) is 11.8 Å². The first-order valence-corrected chi connectivity index (χ1v) is 6.36. The monoisotopic (exact) mass is 237 g/mol. The van der Waals surface area contributed by atoms with E-state index in [4.69, 9.17) is 5.84 Å². The maximum Gasteiger partial charge on any atom is 0.138 e. The number of nitrogens with zero attached hydrogens (tertiary/aromatic N) is 2. The number of carbonyl (C=O) groups excluding carboxylic acids is 1. The van der Waals surface area contributed by atoms with E-state index in [9.17, 15) is 4.79 Å². The molecule has 1 aliphatic rings. The van der Waals surface area contributed by atoms with Gasteiger partial charge in [0.2, 0.25) is 0 Å². The van der Waals surface area contributed by atoms with Crippen molar-refractivity contribution < 1.29 is 4.79 Å². The van der Waals surface area contributed by atoms with Gasteiger partial charge in [-0.15, -0.1) is 0 Å². The number of carbonyl (C=O) groups is 1. The quantitative estimate of drug-likeness (QED) is 0.462. The molecule has 0 heterocycles. The number of hydrazone groups is 1. The Hall–Kier alpha value is -1.19. The van der Waals surface area contributed by atoms with Crippen molar-refractivity contribution in [2.24, 2.45) is 27.8 Å². The van der Waals surface area contributed by atoms with Gasteiger partial charge in [-0.1, -0.05) is 13.8 Å². The molecule has 0 saturated heterocycles. The number of aliphatic imine (C=N–C) groups is 1. The smallest absolute Gasteiger partial charge is 0.138 e. The average molecular weight is 237 g/mol. The summed E-state index contributed by atoms with van der Waals surface area (Å²) >= 11 is 0. The third-order valence-electron chi connectivity index (χ3n) is 3.34. The van der Waals surface area contributed by atoms with E-state index in [1.165, 1.54) is 0 Å². The highest BCUT2D eigenvalue weighted by atomic mass is 16.1. The van der Waals surface area contributed by atoms with Crippen LogP contribution in [0.15, 0.2) is 10.1 Å². The summed E-state index contributed by atoms with van der Waals surface area (Å²) in [5.74, 6) is 5.96. The van der Waals surface area contributed by atoms with Crippen molar-refractivity contribution >= 4 is 17.7 Å². The van der Waals surface area contributed by atoms with Crippen molar-refractivity contribution in [3.8, 4) is 0 Å². The van der Waals surface area contributed by atoms with Gasteiger partial charge in [-0.25, -0.2) is 0 Å². The van der Waals surface area contributed by atoms with Crippen LogP contribution in [0.1, 0.15) is 46.5 Å². The molecular formula is C13H23N3O. The van der Waals surface area contributed by atoms with E-state index in [0.29, 0.717) is 11.8 Å². The fraction of sp³-hybridized carbons (Fsp3) is 0.769. The lowest BCUT2D eigenvalue weighted by molar-refractivity contribution is -0.126. The third-order valence-corrected chi connectivity index (χ3v) is 3.34. The Kier molecular flexibility index (Phi) is 5.32. The highest BCUT2D eigenvalue weighted by Crippen LogP contribution is 2.28. The topological polar surface area (TPSA) is 67.8 Å². The van der Waals surface area contributed by atoms with Crippen molar-refractivity contribution in [2.75, 3.05) is 0 Å². The van der Waals surface area contributed by atoms with Gasteiger partial charge in [0.05, 0.1) is 11.8 Å². The van der Waals surface area contributed by atoms with E-state index < -0.39 is 0 Å². The van der Waals surface area contributed by atoms with E-state index in [2.05, 4.69) is 10.1 Å². The second-order valence-electron chi connectivity index (χ2n) is 5.11. The van der Waals surface area contributed by atoms with Crippen LogP contribution in [0.25, 0.3) is 0 Å². The van der Waals surface area contributed by atoms with E-state index in [0.717, 1.165) is 31.4 Å². The number of hydrogen-bond acceptors (Lipinski definition) is 4. The van der Waals surface area contributed by atoms with Crippen LogP contribution in [-0.4, -0.2) is 23.8 Å². The average Bonchev–Trinajstić information content (AvgIpc) is 2.35. The van der Waals surface area contributed by atoms with Crippen LogP contribution in [0.2, 0.25) is 0 Å². The molecule has 0 bridgehead atoms. The minimum Gasteiger partial charge on any atom is -0.323 e. The zero-order valence-corrected chi connectivity index (χ0v) is 11.0. The molecule has 0 aromatic rings. The highest BCUT2D eigenvalue weighted by molar-refractivity contribution is 6.29. The summed E-state index contributed by atoms with van der Waals surface area (Å²) in [5.41, 5.74) is 0.741. The molecule has 0 radical (unpaired) electrons. The number of rotatable bonds is 4. The number of nitrogens with two attached hydrogens (primary N) is 1. The zero-order chi connectivity index (χ0) is 12.8. The first-order valence-electron chi connectivity index (χ1n) is 6.36. The van der Waals surface area contributed by atoms with Crippen molar-refractivity contribution in [1.29, 1.82) is 0 Å². The minimum absolute atomic E-state index is 0.159. The largest absolute Gasteiger partial charge is 0.323 e. The molecule has 1 fully saturated rings. The van der Waals surface area contributed by atoms with Gasteiger partial charge < -0.3 is 5.84 Å². The predicted octanol–water partition coefficient (Wildman–Crippen LogP) is 2.18. The van der Waals surface area contributed by atoms with Gasteiger partial charge in [-0.3, -0.25) is 9.79 Å². The van der Waals surface area contributed by atoms with Gasteiger partial charge in [0, 0.05) is 18.1 Å². The van der Waals surface area contributed by atoms with Crippen molar-refractivity contribution in [3.05, 3.63) is 0 Å². The normalized spacial score (nSPS) is 26.7. The molecule has 1 rings (SSSR count). The lowest BCUT2D eigenvalue weighted by Gasteiger charge is -2.26. The molecule has 4 heteroatoms. The predicted molar refractivity (Wildman–Crippen MR) is 71.4 cm³/mol. The van der Waals surface area contributed by atoms with Crippen molar-refractivity contribution in [1.82, 2.24) is 0 Å². The molecule has 0 amide bonds. The third kappa shape index (κ3) is 4.29. The summed E-state index contributed by atoms with van der Waals surface area (Å²) in [7, 11) is 0. The Morgan fingerprint density at radius 3 is 2.35 bits per heavy atom. The molecule has 0 aromatic heterocycles. The summed E-state index contributed by atoms with van der Waals surface area (Å²) in [6.45, 7) is 5.79. The molecule has 96 valence electrons. The van der Waals surface area contributed by atoms with Crippen LogP contribution in [0.3, 0.4) is 0 Å². The fourth-order valence-electron chi connectivity index (χ4n) is 2.23. The molecule has 0 unspecified atom stereocenters. The van der Waals surface area contributed by atoms with Crippen LogP contribution in [0.4, 0.5) is 0 Å². The number of ketones is 1. The lowest BCUT2D eigenvalue weighted by atomic mass is 9.81. The standard InChI is InChI=1S/C13H23N3O/c1-9(2)13(17)11-4-6-12(7-5-11)15-8-10(3)16-14/h8-9,11-12H,4-7,14H2,1-3H3/b15-8?,16-10-. The van der Waals surface area contributed by atoms with E-state index in [1.54, 1.807) is 6.21 Å². The summed E-state index contributed by atoms with van der Waals surface area (Å²) in [6, 6.07) is 0.336. The summed E-state index contributed by atoms with van der Waals surface area (Å²) < 4.78 is 0. The van der Waals surface area contributed by atoms with Gasteiger partial charge in [-0.2, -0.15) is 5.10 Å². The minimum atomic E-state index is 0.159. The molecule has 0 aromatic carbocycles. The van der Waals surface area contributed by atoms with Crippen molar-refractivity contribution in [3.63, 3.8) is 0 Å². The molecular weight excluding hydrogens is 214 g/mol. The molecule has 0 atom stereocenters. The van der Waals surface area contributed by atoms with Gasteiger partial charge in [0.15, 0.2) is 0 Å². The lowest BCUT2D eigenvalue weighted by Crippen LogP contribution is -2.26. The van der Waals surface area contributed by atoms with Crippen LogP contribution >= 0.6 is 0 Å². The Balaban J connectivity index is 2.41. The molecule has 17 heavy (non-hydrogen) atoms. The van der Waals surface area contributed by atoms with Gasteiger partial charge in [-0.05, 0) is 32.6 Å². The van der Waals surface area contributed by atoms with Gasteiger partial charge in [0.25, 0.3) is 0 Å². The summed E-state index contributed by atoms with van der Waals surface area (Å²) in [4.78, 5) is 16.3. The Morgan fingerprint density at radius 2 is 1.88 bits per heavy atom. The summed E-state index contributed by atoms with van der Waals surface area (Å²) in [5, 5.41) is 3.55. The van der Waals surface area contributed by atoms with Gasteiger partial charge in [0.1, 0.15) is 5.78 Å². The zero-order valence-electron chi connectivity index (χ0n) is 11.0. The molecule has 1 aliphatic carbocycles. The van der Waals surface area contributed by atoms with Crippen LogP contribution < -0.4 is 5.84 Å². The highest BCUT2D eigenvalue weighted by Gasteiger charge is 2.26. The number of Topliss-reactive ketones (excluding diaryl/α,β-unsaturated/α-hetero) is 1. The second kappa shape index (κ2) is 6.52. The van der Waals surface area contributed by atoms with Crippen molar-refractivity contribution in [2.45, 2.75) is 52.5 Å². The van der Waals surface area contributed by atoms with E-state index >= 15 is 0 Å². The van der Waals surface area contributed by atoms with Gasteiger partial charge >= 0.3 is 0 Å². The number of hydrogen-bond donors (Lipinski definition) is 1. The molecule has 4 nitrogen and oxygen atoms in total. The Morgan fingerprint density at radius 1 is 1.29 bits per heavy atom. The first-order chi connectivity index (χ1) is 8.04. The Labute approximate surface area is 103 Å². The first kappa shape index (κ1) is 13.9. The second-order valence-corrected chi connectivity index (χ2v) is 5.11. The molecule has 1 saturated carbocycles. The van der Waals surface area contributed by atoms with Crippen LogP contribution in [0, 0.1) is 11.8 Å². The fourth-order valence-corrected chi connectivity index (χ4v) is 2.23. The van der Waals surface area contributed by atoms with E-state index in [1.807, 2.05) is 20.8 Å². The maximum absolute atomic E-state index is 11.8. The van der Waals surface area contributed by atoms with Crippen LogP contribution in [-0.2, 0) is 4.79 Å².